The van der Waals surface area contributed by atoms with Gasteiger partial charge in [0.05, 0.1) is 24.3 Å². The fourth-order valence-corrected chi connectivity index (χ4v) is 8.78. The van der Waals surface area contributed by atoms with Gasteiger partial charge in [-0.25, -0.2) is 8.78 Å². The standard InChI is InChI=1S/C38H41BrF2N6O4/c1-3-28-30(41)8-6-23-13-27(51-22-49-2)15-33(35(23)28)45-12-9-29-32(19-45)43-37(50-21-38-10-4-11-47(38)18-26(40)16-38)44-36(29)46-17-24-5-7-25(39)14-31(24)42-34(48)20-46/h5-8,13-15,26H,3-4,9-12,16-22H2,1-2H3,(H,42,48)/t26-,38+/m1/s1. The molecule has 0 spiro atoms. The van der Waals surface area contributed by atoms with E-state index in [-0.39, 0.29) is 43.2 Å². The molecule has 2 fully saturated rings. The molecule has 268 valence electrons. The van der Waals surface area contributed by atoms with Crippen LogP contribution in [0.1, 0.15) is 48.6 Å². The van der Waals surface area contributed by atoms with Crippen molar-refractivity contribution in [3.8, 4) is 11.8 Å². The predicted molar refractivity (Wildman–Crippen MR) is 195 cm³/mol. The van der Waals surface area contributed by atoms with Crippen LogP contribution >= 0.6 is 15.9 Å². The molecule has 1 amide bonds. The van der Waals surface area contributed by atoms with Crippen LogP contribution in [-0.2, 0) is 35.5 Å². The number of carbonyl (C=O) groups excluding carboxylic acids is 1. The summed E-state index contributed by atoms with van der Waals surface area (Å²) in [5.41, 5.74) is 4.54. The number of amides is 1. The number of hydrogen-bond donors (Lipinski definition) is 1. The minimum absolute atomic E-state index is 0.0818. The summed E-state index contributed by atoms with van der Waals surface area (Å²) < 4.78 is 48.3. The highest BCUT2D eigenvalue weighted by molar-refractivity contribution is 9.10. The molecule has 4 aromatic rings. The number of alkyl halides is 1. The van der Waals surface area contributed by atoms with Crippen LogP contribution in [-0.4, -0.2) is 79.2 Å². The first-order valence-electron chi connectivity index (χ1n) is 17.6. The molecule has 1 aromatic heterocycles. The van der Waals surface area contributed by atoms with Crippen molar-refractivity contribution in [3.63, 3.8) is 0 Å². The van der Waals surface area contributed by atoms with Gasteiger partial charge in [-0.05, 0) is 73.0 Å². The molecule has 4 aliphatic heterocycles. The number of benzene rings is 3. The van der Waals surface area contributed by atoms with Crippen molar-refractivity contribution in [1.29, 1.82) is 0 Å². The molecule has 10 nitrogen and oxygen atoms in total. The lowest BCUT2D eigenvalue weighted by Gasteiger charge is -2.35. The molecular formula is C38H41BrF2N6O4. The zero-order chi connectivity index (χ0) is 35.3. The second-order valence-corrected chi connectivity index (χ2v) is 14.9. The summed E-state index contributed by atoms with van der Waals surface area (Å²) in [6.45, 7) is 5.17. The third-order valence-corrected chi connectivity index (χ3v) is 11.2. The normalized spacial score (nSPS) is 21.7. The van der Waals surface area contributed by atoms with Gasteiger partial charge in [0.25, 0.3) is 0 Å². The first-order valence-corrected chi connectivity index (χ1v) is 18.4. The number of aromatic nitrogens is 2. The van der Waals surface area contributed by atoms with Crippen LogP contribution in [0.3, 0.4) is 0 Å². The fourth-order valence-electron chi connectivity index (χ4n) is 8.42. The molecular weight excluding hydrogens is 722 g/mol. The van der Waals surface area contributed by atoms with E-state index < -0.39 is 6.17 Å². The number of nitrogens with one attached hydrogen (secondary N) is 1. The Kier molecular flexibility index (Phi) is 9.22. The summed E-state index contributed by atoms with van der Waals surface area (Å²) >= 11 is 3.52. The van der Waals surface area contributed by atoms with E-state index in [1.165, 1.54) is 6.07 Å². The van der Waals surface area contributed by atoms with Crippen LogP contribution in [0.5, 0.6) is 11.8 Å². The zero-order valence-electron chi connectivity index (χ0n) is 28.8. The van der Waals surface area contributed by atoms with E-state index in [4.69, 9.17) is 24.2 Å². The van der Waals surface area contributed by atoms with E-state index in [1.54, 1.807) is 13.2 Å². The summed E-state index contributed by atoms with van der Waals surface area (Å²) in [5.74, 6) is 0.880. The number of hydrogen-bond acceptors (Lipinski definition) is 9. The van der Waals surface area contributed by atoms with Gasteiger partial charge in [-0.15, -0.1) is 0 Å². The zero-order valence-corrected chi connectivity index (χ0v) is 30.4. The number of halogens is 3. The molecule has 0 bridgehead atoms. The number of nitrogens with zero attached hydrogens (tertiary/aromatic N) is 5. The summed E-state index contributed by atoms with van der Waals surface area (Å²) in [6.07, 6.45) is 2.52. The third-order valence-electron chi connectivity index (χ3n) is 10.8. The van der Waals surface area contributed by atoms with Gasteiger partial charge in [0, 0.05) is 66.0 Å². The van der Waals surface area contributed by atoms with E-state index in [2.05, 4.69) is 31.0 Å². The molecule has 2 atom stereocenters. The molecule has 0 unspecified atom stereocenters. The summed E-state index contributed by atoms with van der Waals surface area (Å²) in [4.78, 5) is 29.7. The minimum Gasteiger partial charge on any atom is -0.467 e. The topological polar surface area (TPSA) is 92.3 Å². The second kappa shape index (κ2) is 13.8. The second-order valence-electron chi connectivity index (χ2n) is 14.0. The van der Waals surface area contributed by atoms with E-state index in [9.17, 15) is 9.18 Å². The monoisotopic (exact) mass is 762 g/mol. The number of fused-ring (bicyclic) bond motifs is 4. The van der Waals surface area contributed by atoms with Gasteiger partial charge in [-0.3, -0.25) is 9.69 Å². The first-order chi connectivity index (χ1) is 24.7. The molecule has 4 aliphatic rings. The SMILES string of the molecule is CCc1c(F)ccc2cc(OCOC)cc(N3CCc4c(nc(OC[C@@]56CCCN5C[C@H](F)C6)nc4N4CC(=O)Nc5cc(Br)ccc5C4)C3)c12. The van der Waals surface area contributed by atoms with Crippen molar-refractivity contribution in [1.82, 2.24) is 14.9 Å². The average Bonchev–Trinajstić information content (AvgIpc) is 3.59. The quantitative estimate of drug-likeness (QED) is 0.191. The van der Waals surface area contributed by atoms with Crippen LogP contribution < -0.4 is 24.6 Å². The molecule has 51 heavy (non-hydrogen) atoms. The van der Waals surface area contributed by atoms with Crippen molar-refractivity contribution < 1.29 is 27.8 Å². The van der Waals surface area contributed by atoms with Gasteiger partial charge in [0.1, 0.15) is 30.2 Å². The molecule has 0 aliphatic carbocycles. The van der Waals surface area contributed by atoms with Crippen molar-refractivity contribution >= 4 is 49.8 Å². The lowest BCUT2D eigenvalue weighted by Crippen LogP contribution is -2.43. The summed E-state index contributed by atoms with van der Waals surface area (Å²) in [7, 11) is 1.57. The summed E-state index contributed by atoms with van der Waals surface area (Å²) in [5, 5.41) is 4.76. The van der Waals surface area contributed by atoms with Crippen LogP contribution in [0.15, 0.2) is 46.9 Å². The fraction of sp³-hybridized carbons (Fsp3) is 0.447. The molecule has 3 aromatic carbocycles. The van der Waals surface area contributed by atoms with E-state index in [1.807, 2.05) is 42.2 Å². The highest BCUT2D eigenvalue weighted by atomic mass is 79.9. The number of methoxy groups -OCH3 is 1. The van der Waals surface area contributed by atoms with E-state index in [0.29, 0.717) is 62.6 Å². The number of anilines is 3. The Morgan fingerprint density at radius 3 is 2.78 bits per heavy atom. The number of ether oxygens (including phenoxy) is 3. The van der Waals surface area contributed by atoms with E-state index in [0.717, 1.165) is 62.8 Å². The Morgan fingerprint density at radius 2 is 1.94 bits per heavy atom. The molecule has 0 saturated carbocycles. The van der Waals surface area contributed by atoms with Gasteiger partial charge in [-0.2, -0.15) is 9.97 Å². The molecule has 1 N–H and O–H groups in total. The Labute approximate surface area is 304 Å². The van der Waals surface area contributed by atoms with Gasteiger partial charge >= 0.3 is 6.01 Å². The Balaban J connectivity index is 1.20. The number of carbonyl (C=O) groups is 1. The third kappa shape index (κ3) is 6.48. The highest BCUT2D eigenvalue weighted by Crippen LogP contribution is 2.42. The van der Waals surface area contributed by atoms with E-state index >= 15 is 4.39 Å². The molecule has 2 saturated heterocycles. The minimum atomic E-state index is -0.880. The number of rotatable bonds is 9. The average molecular weight is 764 g/mol. The Bertz CT molecular complexity index is 2000. The maximum atomic E-state index is 15.3. The highest BCUT2D eigenvalue weighted by Gasteiger charge is 2.49. The van der Waals surface area contributed by atoms with Gasteiger partial charge in [0.15, 0.2) is 6.79 Å². The smallest absolute Gasteiger partial charge is 0.318 e. The molecule has 0 radical (unpaired) electrons. The van der Waals surface area contributed by atoms with Crippen molar-refractivity contribution in [2.45, 2.75) is 63.8 Å². The van der Waals surface area contributed by atoms with Gasteiger partial charge in [-0.1, -0.05) is 35.0 Å². The largest absolute Gasteiger partial charge is 0.467 e. The molecule has 5 heterocycles. The summed E-state index contributed by atoms with van der Waals surface area (Å²) in [6, 6.07) is 13.2. The molecule has 8 rings (SSSR count). The Morgan fingerprint density at radius 1 is 1.06 bits per heavy atom. The predicted octanol–water partition coefficient (Wildman–Crippen LogP) is 6.55. The van der Waals surface area contributed by atoms with Crippen LogP contribution in [0.2, 0.25) is 0 Å². The maximum absolute atomic E-state index is 15.3. The van der Waals surface area contributed by atoms with Crippen molar-refractivity contribution in [2.75, 3.05) is 61.8 Å². The van der Waals surface area contributed by atoms with Crippen LogP contribution in [0.25, 0.3) is 10.8 Å². The lowest BCUT2D eigenvalue weighted by atomic mass is 9.95. The van der Waals surface area contributed by atoms with Crippen molar-refractivity contribution in [2.24, 2.45) is 0 Å². The molecule has 13 heteroatoms. The van der Waals surface area contributed by atoms with Gasteiger partial charge < -0.3 is 29.3 Å². The Hall–Kier alpha value is -4.07. The van der Waals surface area contributed by atoms with Crippen LogP contribution in [0, 0.1) is 5.82 Å². The van der Waals surface area contributed by atoms with Crippen LogP contribution in [0.4, 0.5) is 26.0 Å². The maximum Gasteiger partial charge on any atom is 0.318 e. The first kappa shape index (κ1) is 34.0. The van der Waals surface area contributed by atoms with Crippen molar-refractivity contribution in [3.05, 3.63) is 75.1 Å². The number of aryl methyl sites for hydroxylation is 1. The lowest BCUT2D eigenvalue weighted by molar-refractivity contribution is -0.114. The van der Waals surface area contributed by atoms with Gasteiger partial charge in [0.2, 0.25) is 5.91 Å².